The van der Waals surface area contributed by atoms with Crippen molar-refractivity contribution >= 4 is 33.8 Å². The Balaban J connectivity index is 1.94. The Kier molecular flexibility index (Phi) is 8.80. The van der Waals surface area contributed by atoms with Crippen molar-refractivity contribution in [3.63, 3.8) is 0 Å². The number of carboxylic acid groups (broad SMARTS) is 1. The van der Waals surface area contributed by atoms with Crippen LogP contribution < -0.4 is 16.0 Å². The highest BCUT2D eigenvalue weighted by Gasteiger charge is 2.59. The molecular weight excluding hydrogens is 478 g/mol. The van der Waals surface area contributed by atoms with Crippen LogP contribution >= 0.6 is 0 Å². The smallest absolute Gasteiger partial charge is 0.329 e. The van der Waals surface area contributed by atoms with Crippen LogP contribution in [-0.2, 0) is 24.4 Å². The van der Waals surface area contributed by atoms with Crippen LogP contribution in [0.3, 0.4) is 0 Å². The summed E-state index contributed by atoms with van der Waals surface area (Å²) in [6, 6.07) is -1.94. The quantitative estimate of drug-likeness (QED) is 0.315. The summed E-state index contributed by atoms with van der Waals surface area (Å²) in [6.45, 7) is 8.95. The number of aliphatic carboxylic acids is 1. The van der Waals surface area contributed by atoms with E-state index in [0.717, 1.165) is 0 Å². The summed E-state index contributed by atoms with van der Waals surface area (Å²) in [4.78, 5) is 51.0. The fraction of sp³-hybridized carbons (Fsp3) is 0.818. The molecule has 0 aromatic rings. The van der Waals surface area contributed by atoms with E-state index < -0.39 is 56.9 Å². The molecule has 0 aromatic carbocycles. The third kappa shape index (κ3) is 6.84. The number of carbonyl (C=O) groups excluding carboxylic acids is 3. The Hall–Kier alpha value is -2.41. The molecule has 1 heterocycles. The highest BCUT2D eigenvalue weighted by molar-refractivity contribution is 7.89. The molecule has 0 bridgehead atoms. The van der Waals surface area contributed by atoms with Gasteiger partial charge in [-0.3, -0.25) is 9.59 Å². The van der Waals surface area contributed by atoms with Crippen LogP contribution in [0, 0.1) is 11.3 Å². The molecule has 12 nitrogen and oxygen atoms in total. The number of likely N-dealkylation sites (N-methyl/N-ethyl adjacent to an activating group) is 1. The maximum atomic E-state index is 12.8. The monoisotopic (exact) mass is 517 g/mol. The van der Waals surface area contributed by atoms with E-state index >= 15 is 0 Å². The van der Waals surface area contributed by atoms with E-state index in [0.29, 0.717) is 25.8 Å². The first-order valence-corrected chi connectivity index (χ1v) is 13.5. The summed E-state index contributed by atoms with van der Waals surface area (Å²) in [5.74, 6) is -2.28. The van der Waals surface area contributed by atoms with Gasteiger partial charge in [0, 0.05) is 26.2 Å². The van der Waals surface area contributed by atoms with Crippen molar-refractivity contribution < 1.29 is 32.7 Å². The van der Waals surface area contributed by atoms with Gasteiger partial charge in [0.1, 0.15) is 11.6 Å². The van der Waals surface area contributed by atoms with Gasteiger partial charge in [-0.05, 0) is 37.5 Å². The van der Waals surface area contributed by atoms with Crippen molar-refractivity contribution in [2.45, 2.75) is 71.5 Å². The Morgan fingerprint density at radius 2 is 1.83 bits per heavy atom. The number of carboxylic acids is 1. The number of urea groups is 1. The minimum Gasteiger partial charge on any atom is -0.479 e. The number of nitrogens with zero attached hydrogens (tertiary/aromatic N) is 2. The van der Waals surface area contributed by atoms with Crippen molar-refractivity contribution in [1.29, 1.82) is 0 Å². The van der Waals surface area contributed by atoms with Gasteiger partial charge < -0.3 is 26.0 Å². The predicted molar refractivity (Wildman–Crippen MR) is 129 cm³/mol. The van der Waals surface area contributed by atoms with Crippen LogP contribution in [0.5, 0.6) is 0 Å². The minimum atomic E-state index is -3.43. The third-order valence-electron chi connectivity index (χ3n) is 6.94. The van der Waals surface area contributed by atoms with Gasteiger partial charge in [-0.25, -0.2) is 22.3 Å². The van der Waals surface area contributed by atoms with Crippen LogP contribution in [0.2, 0.25) is 0 Å². The van der Waals surface area contributed by atoms with Crippen molar-refractivity contribution in [2.75, 3.05) is 32.4 Å². The molecule has 1 saturated carbocycles. The average Bonchev–Trinajstić information content (AvgIpc) is 3.18. The molecule has 0 spiro atoms. The zero-order valence-electron chi connectivity index (χ0n) is 21.4. The molecule has 13 heteroatoms. The summed E-state index contributed by atoms with van der Waals surface area (Å²) in [5.41, 5.74) is -1.73. The highest BCUT2D eigenvalue weighted by Crippen LogP contribution is 2.43. The number of carbonyl (C=O) groups is 4. The van der Waals surface area contributed by atoms with Gasteiger partial charge in [-0.15, -0.1) is 0 Å². The lowest BCUT2D eigenvalue weighted by atomic mass is 9.87. The molecule has 0 radical (unpaired) electrons. The molecule has 2 aliphatic rings. The second-order valence-corrected chi connectivity index (χ2v) is 12.9. The topological polar surface area (TPSA) is 165 Å². The van der Waals surface area contributed by atoms with Gasteiger partial charge in [0.15, 0.2) is 0 Å². The molecule has 1 saturated heterocycles. The van der Waals surface area contributed by atoms with E-state index in [1.54, 1.807) is 13.8 Å². The summed E-state index contributed by atoms with van der Waals surface area (Å²) < 4.78 is 25.4. The normalized spacial score (nSPS) is 25.2. The van der Waals surface area contributed by atoms with E-state index in [2.05, 4.69) is 16.0 Å². The molecule has 2 fully saturated rings. The van der Waals surface area contributed by atoms with E-state index in [1.165, 1.54) is 16.3 Å². The molecule has 2 rings (SSSR count). The minimum absolute atomic E-state index is 0.0574. The lowest BCUT2D eigenvalue weighted by Gasteiger charge is -2.34. The largest absolute Gasteiger partial charge is 0.479 e. The standard InChI is InChI=1S/C22H39N5O7S/c1-7-35(33,34)26(6)13-16(21(3,4)5)24-20(32)23-12-17(28)27-10-8-9-15(27)18(29)25-22(19(30)31)11-14(22)2/h14-16H,7-13H2,1-6H3,(H,25,29)(H,30,31)(H2,23,24,32)/t14?,15-,16?,22+/m0/s1. The van der Waals surface area contributed by atoms with Crippen molar-refractivity contribution in [1.82, 2.24) is 25.2 Å². The second kappa shape index (κ2) is 10.7. The number of hydrogen-bond acceptors (Lipinski definition) is 6. The van der Waals surface area contributed by atoms with Gasteiger partial charge >= 0.3 is 12.0 Å². The van der Waals surface area contributed by atoms with Crippen molar-refractivity contribution in [2.24, 2.45) is 11.3 Å². The summed E-state index contributed by atoms with van der Waals surface area (Å²) >= 11 is 0. The third-order valence-corrected chi connectivity index (χ3v) is 8.77. The van der Waals surface area contributed by atoms with E-state index in [4.69, 9.17) is 0 Å². The molecule has 4 amide bonds. The van der Waals surface area contributed by atoms with E-state index in [9.17, 15) is 32.7 Å². The molecule has 4 atom stereocenters. The first-order valence-electron chi connectivity index (χ1n) is 11.9. The Morgan fingerprint density at radius 3 is 2.31 bits per heavy atom. The molecule has 1 aliphatic carbocycles. The van der Waals surface area contributed by atoms with Gasteiger partial charge in [-0.2, -0.15) is 0 Å². The molecular formula is C22H39N5O7S. The molecule has 2 unspecified atom stereocenters. The molecule has 4 N–H and O–H groups in total. The summed E-state index contributed by atoms with van der Waals surface area (Å²) in [7, 11) is -1.98. The van der Waals surface area contributed by atoms with Gasteiger partial charge in [0.25, 0.3) is 0 Å². The molecule has 200 valence electrons. The van der Waals surface area contributed by atoms with E-state index in [-0.39, 0.29) is 24.8 Å². The van der Waals surface area contributed by atoms with Crippen LogP contribution in [0.1, 0.15) is 53.9 Å². The molecule has 35 heavy (non-hydrogen) atoms. The first kappa shape index (κ1) is 28.8. The lowest BCUT2D eigenvalue weighted by Crippen LogP contribution is -2.56. The molecule has 1 aliphatic heterocycles. The number of rotatable bonds is 10. The fourth-order valence-electron chi connectivity index (χ4n) is 4.18. The van der Waals surface area contributed by atoms with Gasteiger partial charge in [0.05, 0.1) is 12.3 Å². The zero-order valence-corrected chi connectivity index (χ0v) is 22.2. The summed E-state index contributed by atoms with van der Waals surface area (Å²) in [5, 5.41) is 17.3. The fourth-order valence-corrected chi connectivity index (χ4v) is 5.00. The predicted octanol–water partition coefficient (Wildman–Crippen LogP) is -0.0478. The van der Waals surface area contributed by atoms with Crippen molar-refractivity contribution in [3.8, 4) is 0 Å². The number of amides is 4. The van der Waals surface area contributed by atoms with Crippen LogP contribution in [-0.4, -0.2) is 96.6 Å². The first-order chi connectivity index (χ1) is 16.0. The number of hydrogen-bond donors (Lipinski definition) is 4. The van der Waals surface area contributed by atoms with Crippen LogP contribution in [0.4, 0.5) is 4.79 Å². The maximum absolute atomic E-state index is 12.8. The second-order valence-electron chi connectivity index (χ2n) is 10.5. The van der Waals surface area contributed by atoms with Crippen molar-refractivity contribution in [3.05, 3.63) is 0 Å². The highest BCUT2D eigenvalue weighted by atomic mass is 32.2. The Bertz CT molecular complexity index is 948. The van der Waals surface area contributed by atoms with E-state index in [1.807, 2.05) is 20.8 Å². The number of likely N-dealkylation sites (tertiary alicyclic amines) is 1. The lowest BCUT2D eigenvalue weighted by molar-refractivity contribution is -0.145. The number of sulfonamides is 1. The maximum Gasteiger partial charge on any atom is 0.329 e. The van der Waals surface area contributed by atoms with Gasteiger partial charge in [0.2, 0.25) is 21.8 Å². The Labute approximate surface area is 207 Å². The molecule has 0 aromatic heterocycles. The average molecular weight is 518 g/mol. The van der Waals surface area contributed by atoms with Crippen LogP contribution in [0.15, 0.2) is 0 Å². The summed E-state index contributed by atoms with van der Waals surface area (Å²) in [6.07, 6.45) is 1.36. The van der Waals surface area contributed by atoms with Gasteiger partial charge in [-0.1, -0.05) is 27.7 Å². The zero-order chi connectivity index (χ0) is 26.8. The number of nitrogens with one attached hydrogen (secondary N) is 3. The van der Waals surface area contributed by atoms with Crippen LogP contribution in [0.25, 0.3) is 0 Å². The Morgan fingerprint density at radius 1 is 1.23 bits per heavy atom. The SMILES string of the molecule is CCS(=O)(=O)N(C)CC(NC(=O)NCC(=O)N1CCC[C@H]1C(=O)N[C@]1(C(=O)O)CC1C)C(C)(C)C.